The second kappa shape index (κ2) is 8.49. The fourth-order valence-corrected chi connectivity index (χ4v) is 1.79. The van der Waals surface area contributed by atoms with E-state index in [1.165, 1.54) is 32.1 Å². The Bertz CT molecular complexity index is 113. The molecule has 1 fully saturated rings. The summed E-state index contributed by atoms with van der Waals surface area (Å²) in [6.07, 6.45) is 6.53. The predicted molar refractivity (Wildman–Crippen MR) is 55.3 cm³/mol. The third kappa shape index (κ3) is 5.59. The summed E-state index contributed by atoms with van der Waals surface area (Å²) in [5.74, 6) is 0. The van der Waals surface area contributed by atoms with Gasteiger partial charge >= 0.3 is 35.3 Å². The molecule has 1 saturated carbocycles. The summed E-state index contributed by atoms with van der Waals surface area (Å²) in [6, 6.07) is 0. The van der Waals surface area contributed by atoms with Crippen molar-refractivity contribution in [2.75, 3.05) is 13.1 Å². The van der Waals surface area contributed by atoms with E-state index in [4.69, 9.17) is 30.3 Å². The molecule has 0 atom stereocenters. The molecule has 2 nitrogen and oxygen atoms in total. The molecule has 0 unspecified atom stereocenters. The Labute approximate surface area is 97.1 Å². The summed E-state index contributed by atoms with van der Waals surface area (Å²) in [7, 11) is 9.75. The van der Waals surface area contributed by atoms with Crippen molar-refractivity contribution in [3.63, 3.8) is 0 Å². The Balaban J connectivity index is 0.000000424. The summed E-state index contributed by atoms with van der Waals surface area (Å²) in [5.41, 5.74) is 11.7. The van der Waals surface area contributed by atoms with Crippen molar-refractivity contribution in [3.05, 3.63) is 0 Å². The fourth-order valence-electron chi connectivity index (χ4n) is 1.79. The molecule has 1 aliphatic rings. The summed E-state index contributed by atoms with van der Waals surface area (Å²) in [6.45, 7) is 1.56. The number of hydrogen-bond donors (Lipinski definition) is 2. The SMILES string of the molecule is NCC1(CN)CCCCC1.[Cl][Pt][Cl]. The van der Waals surface area contributed by atoms with E-state index in [9.17, 15) is 0 Å². The fraction of sp³-hybridized carbons (Fsp3) is 1.00. The van der Waals surface area contributed by atoms with E-state index < -0.39 is 16.5 Å². The van der Waals surface area contributed by atoms with Crippen LogP contribution in [0.3, 0.4) is 0 Å². The van der Waals surface area contributed by atoms with Gasteiger partial charge in [0, 0.05) is 0 Å². The average molecular weight is 408 g/mol. The molecule has 0 spiro atoms. The third-order valence-corrected chi connectivity index (χ3v) is 2.78. The van der Waals surface area contributed by atoms with E-state index in [0.29, 0.717) is 5.41 Å². The van der Waals surface area contributed by atoms with E-state index >= 15 is 0 Å². The number of hydrogen-bond acceptors (Lipinski definition) is 2. The first-order valence-corrected chi connectivity index (χ1v) is 10.1. The van der Waals surface area contributed by atoms with Crippen molar-refractivity contribution in [1.29, 1.82) is 0 Å². The van der Waals surface area contributed by atoms with E-state index in [0.717, 1.165) is 13.1 Å². The molecular weight excluding hydrogens is 390 g/mol. The van der Waals surface area contributed by atoms with Crippen LogP contribution in [0.1, 0.15) is 32.1 Å². The van der Waals surface area contributed by atoms with Crippen molar-refractivity contribution in [2.45, 2.75) is 32.1 Å². The van der Waals surface area contributed by atoms with Crippen molar-refractivity contribution < 1.29 is 16.5 Å². The van der Waals surface area contributed by atoms with Crippen LogP contribution in [-0.2, 0) is 16.5 Å². The minimum atomic E-state index is -0.472. The van der Waals surface area contributed by atoms with Gasteiger partial charge in [0.25, 0.3) is 0 Å². The van der Waals surface area contributed by atoms with Crippen LogP contribution in [0.4, 0.5) is 0 Å². The summed E-state index contributed by atoms with van der Waals surface area (Å²) < 4.78 is 0. The molecule has 1 aliphatic carbocycles. The normalized spacial score (nSPS) is 20.6. The first kappa shape index (κ1) is 14.2. The molecule has 84 valence electrons. The molecule has 0 bridgehead atoms. The standard InChI is InChI=1S/C8H18N2.2ClH.Pt/c9-6-8(7-10)4-2-1-3-5-8;;;/h1-7,9-10H2;2*1H;/q;;;+2/p-2. The molecule has 0 aromatic rings. The second-order valence-electron chi connectivity index (χ2n) is 3.51. The van der Waals surface area contributed by atoms with Crippen molar-refractivity contribution >= 4 is 18.8 Å². The molecule has 0 radical (unpaired) electrons. The Morgan fingerprint density at radius 3 is 1.62 bits per heavy atom. The van der Waals surface area contributed by atoms with Gasteiger partial charge in [-0.3, -0.25) is 0 Å². The molecule has 0 amide bonds. The topological polar surface area (TPSA) is 52.0 Å². The molecule has 4 N–H and O–H groups in total. The zero-order chi connectivity index (χ0) is 10.2. The molecule has 1 rings (SSSR count). The number of halogens is 2. The molecular formula is C8H18Cl2N2Pt. The van der Waals surface area contributed by atoms with Gasteiger partial charge in [-0.2, -0.15) is 0 Å². The Kier molecular flexibility index (Phi) is 9.27. The Hall–Kier alpha value is 1.19. The maximum atomic E-state index is 5.67. The summed E-state index contributed by atoms with van der Waals surface area (Å²) >= 11 is -0.472. The van der Waals surface area contributed by atoms with Gasteiger partial charge < -0.3 is 11.5 Å². The number of rotatable bonds is 2. The molecule has 0 aromatic heterocycles. The predicted octanol–water partition coefficient (Wildman–Crippen LogP) is 2.23. The van der Waals surface area contributed by atoms with Gasteiger partial charge in [0.2, 0.25) is 0 Å². The van der Waals surface area contributed by atoms with Gasteiger partial charge in [0.1, 0.15) is 0 Å². The molecule has 0 heterocycles. The second-order valence-corrected chi connectivity index (χ2v) is 6.80. The van der Waals surface area contributed by atoms with Gasteiger partial charge in [-0.25, -0.2) is 0 Å². The first-order chi connectivity index (χ1) is 6.24. The molecule has 0 aromatic carbocycles. The van der Waals surface area contributed by atoms with Gasteiger partial charge in [0.15, 0.2) is 0 Å². The monoisotopic (exact) mass is 407 g/mol. The number of nitrogens with two attached hydrogens (primary N) is 2. The van der Waals surface area contributed by atoms with Gasteiger partial charge in [-0.05, 0) is 31.3 Å². The van der Waals surface area contributed by atoms with E-state index in [2.05, 4.69) is 0 Å². The van der Waals surface area contributed by atoms with Crippen LogP contribution in [0.2, 0.25) is 0 Å². The van der Waals surface area contributed by atoms with Crippen LogP contribution in [0.25, 0.3) is 0 Å². The van der Waals surface area contributed by atoms with Gasteiger partial charge in [0.05, 0.1) is 0 Å². The van der Waals surface area contributed by atoms with Crippen molar-refractivity contribution in [2.24, 2.45) is 16.9 Å². The average Bonchev–Trinajstić information content (AvgIpc) is 2.20. The van der Waals surface area contributed by atoms with E-state index in [1.807, 2.05) is 0 Å². The van der Waals surface area contributed by atoms with E-state index in [-0.39, 0.29) is 0 Å². The maximum absolute atomic E-state index is 5.67. The first-order valence-electron chi connectivity index (χ1n) is 4.47. The Morgan fingerprint density at radius 2 is 1.38 bits per heavy atom. The quantitative estimate of drug-likeness (QED) is 0.737. The van der Waals surface area contributed by atoms with Crippen LogP contribution in [0, 0.1) is 5.41 Å². The van der Waals surface area contributed by atoms with Crippen LogP contribution >= 0.6 is 18.8 Å². The van der Waals surface area contributed by atoms with Crippen LogP contribution in [0.15, 0.2) is 0 Å². The van der Waals surface area contributed by atoms with E-state index in [1.54, 1.807) is 0 Å². The summed E-state index contributed by atoms with van der Waals surface area (Å²) in [4.78, 5) is 0. The van der Waals surface area contributed by atoms with Gasteiger partial charge in [-0.15, -0.1) is 0 Å². The van der Waals surface area contributed by atoms with Crippen LogP contribution < -0.4 is 11.5 Å². The zero-order valence-corrected chi connectivity index (χ0v) is 11.5. The molecule has 13 heavy (non-hydrogen) atoms. The van der Waals surface area contributed by atoms with Gasteiger partial charge in [-0.1, -0.05) is 19.3 Å². The molecule has 0 saturated heterocycles. The third-order valence-electron chi connectivity index (χ3n) is 2.78. The Morgan fingerprint density at radius 1 is 1.00 bits per heavy atom. The van der Waals surface area contributed by atoms with Crippen molar-refractivity contribution in [1.82, 2.24) is 0 Å². The molecule has 5 heteroatoms. The minimum absolute atomic E-state index is 0.318. The molecule has 0 aliphatic heterocycles. The van der Waals surface area contributed by atoms with Crippen molar-refractivity contribution in [3.8, 4) is 0 Å². The summed E-state index contributed by atoms with van der Waals surface area (Å²) in [5, 5.41) is 0. The van der Waals surface area contributed by atoms with Crippen LogP contribution in [-0.4, -0.2) is 13.1 Å². The van der Waals surface area contributed by atoms with Crippen LogP contribution in [0.5, 0.6) is 0 Å². The zero-order valence-electron chi connectivity index (χ0n) is 7.68.